The van der Waals surface area contributed by atoms with Gasteiger partial charge in [-0.3, -0.25) is 38.6 Å². The Kier molecular flexibility index (Phi) is 21.6. The van der Waals surface area contributed by atoms with Crippen molar-refractivity contribution in [1.82, 2.24) is 45.6 Å². The molecular weight excluding hydrogens is 1020 g/mol. The molecule has 426 valence electrons. The number of urea groups is 1. The van der Waals surface area contributed by atoms with Crippen LogP contribution < -0.4 is 37.6 Å². The standard InChI is InChI=1S/C54H72N12O13/c1-6-77-31-40-61-45-46(36-14-9-10-15-37(36)59-47(45)63-49(71)39-17-13-28-64(39)53(75)76)66(40)32-54(4,5)79-29-26-57-52(74)78-30-34-19-21-35(22-20-34)58-48(70)38(16-12-25-56-51(55)73)60-50(72)44(33(2)3)62-41(67)18-8-7-11-27-65-42(68)23-24-43(65)69/h9-10,14-15,19-24,33,38-39,44H,6-8,11-13,16-18,25-32H2,1-5H3,(H,57,74)(H,58,70)(H,60,72)(H,62,67)(H,75,76)(H3,55,56,73)(H,59,63,71)/t38?,39-,44?/m0/s1. The summed E-state index contributed by atoms with van der Waals surface area (Å²) in [6.45, 7) is 10.8. The van der Waals surface area contributed by atoms with Crippen molar-refractivity contribution in [2.75, 3.05) is 50.0 Å². The van der Waals surface area contributed by atoms with Crippen molar-refractivity contribution in [3.63, 3.8) is 0 Å². The molecule has 0 radical (unpaired) electrons. The van der Waals surface area contributed by atoms with Gasteiger partial charge in [0.05, 0.1) is 29.8 Å². The Labute approximate surface area is 457 Å². The monoisotopic (exact) mass is 1100 g/mol. The Morgan fingerprint density at radius 3 is 2.29 bits per heavy atom. The summed E-state index contributed by atoms with van der Waals surface area (Å²) in [5.41, 5.74) is 7.05. The molecular formula is C54H72N12O13. The molecule has 2 aromatic heterocycles. The number of rotatable bonds is 29. The van der Waals surface area contributed by atoms with Gasteiger partial charge in [0.25, 0.3) is 11.8 Å². The number of imidazole rings is 1. The number of amides is 10. The van der Waals surface area contributed by atoms with E-state index in [2.05, 4.69) is 31.9 Å². The quantitative estimate of drug-likeness (QED) is 0.0276. The van der Waals surface area contributed by atoms with Crippen LogP contribution in [0.4, 0.5) is 25.9 Å². The third-order valence-corrected chi connectivity index (χ3v) is 13.2. The van der Waals surface area contributed by atoms with Crippen molar-refractivity contribution in [3.8, 4) is 0 Å². The molecule has 1 saturated heterocycles. The summed E-state index contributed by atoms with van der Waals surface area (Å²) < 4.78 is 19.5. The second-order valence-corrected chi connectivity index (χ2v) is 20.1. The van der Waals surface area contributed by atoms with Gasteiger partial charge in [-0.1, -0.05) is 50.6 Å². The van der Waals surface area contributed by atoms with Crippen LogP contribution in [0.3, 0.4) is 0 Å². The number of carbonyl (C=O) groups excluding carboxylic acids is 8. The minimum atomic E-state index is -1.16. The average Bonchev–Trinajstić information content (AvgIpc) is 4.36. The van der Waals surface area contributed by atoms with E-state index in [1.54, 1.807) is 38.1 Å². The number of unbranched alkanes of at least 4 members (excludes halogenated alkanes) is 2. The lowest BCUT2D eigenvalue weighted by Crippen LogP contribution is -2.54. The summed E-state index contributed by atoms with van der Waals surface area (Å²) in [6, 6.07) is 10.3. The summed E-state index contributed by atoms with van der Waals surface area (Å²) in [7, 11) is 0. The van der Waals surface area contributed by atoms with E-state index in [1.807, 2.05) is 49.6 Å². The molecule has 0 saturated carbocycles. The Bertz CT molecular complexity index is 2870. The number of aromatic nitrogens is 3. The molecule has 2 aliphatic heterocycles. The number of hydrogen-bond donors (Lipinski definition) is 8. The zero-order valence-corrected chi connectivity index (χ0v) is 45.3. The zero-order valence-electron chi connectivity index (χ0n) is 45.3. The molecule has 4 heterocycles. The van der Waals surface area contributed by atoms with E-state index >= 15 is 0 Å². The number of alkyl carbamates (subject to hydrolysis) is 1. The first-order chi connectivity index (χ1) is 37.7. The van der Waals surface area contributed by atoms with Gasteiger partial charge in [0.15, 0.2) is 5.82 Å². The molecule has 2 unspecified atom stereocenters. The summed E-state index contributed by atoms with van der Waals surface area (Å²) in [5, 5.41) is 26.8. The van der Waals surface area contributed by atoms with E-state index in [-0.39, 0.29) is 101 Å². The number of anilines is 2. The zero-order chi connectivity index (χ0) is 57.2. The molecule has 2 aromatic carbocycles. The number of pyridine rings is 1. The van der Waals surface area contributed by atoms with Crippen LogP contribution in [0.15, 0.2) is 60.7 Å². The summed E-state index contributed by atoms with van der Waals surface area (Å²) in [6.07, 6.45) is 3.59. The van der Waals surface area contributed by atoms with Crippen molar-refractivity contribution >= 4 is 87.1 Å². The first kappa shape index (κ1) is 60.0. The molecule has 79 heavy (non-hydrogen) atoms. The van der Waals surface area contributed by atoms with Crippen LogP contribution in [-0.4, -0.2) is 146 Å². The molecule has 25 nitrogen and oxygen atoms in total. The van der Waals surface area contributed by atoms with E-state index in [0.29, 0.717) is 72.3 Å². The van der Waals surface area contributed by atoms with E-state index in [4.69, 9.17) is 29.9 Å². The van der Waals surface area contributed by atoms with Crippen molar-refractivity contribution in [3.05, 3.63) is 72.1 Å². The average molecular weight is 1100 g/mol. The number of primary amides is 1. The summed E-state index contributed by atoms with van der Waals surface area (Å²) >= 11 is 0. The fourth-order valence-electron chi connectivity index (χ4n) is 9.14. The van der Waals surface area contributed by atoms with Gasteiger partial charge in [0, 0.05) is 62.4 Å². The Hall–Kier alpha value is -8.19. The number of ether oxygens (including phenoxy) is 3. The number of nitrogens with one attached hydrogen (secondary N) is 6. The lowest BCUT2D eigenvalue weighted by Gasteiger charge is -2.27. The number of likely N-dealkylation sites (tertiary alicyclic amines) is 1. The maximum Gasteiger partial charge on any atom is 0.407 e. The van der Waals surface area contributed by atoms with Crippen LogP contribution in [0.1, 0.15) is 97.4 Å². The van der Waals surface area contributed by atoms with Crippen LogP contribution in [0.2, 0.25) is 0 Å². The molecule has 6 rings (SSSR count). The molecule has 9 N–H and O–H groups in total. The second-order valence-electron chi connectivity index (χ2n) is 20.1. The van der Waals surface area contributed by atoms with Crippen molar-refractivity contribution in [2.24, 2.45) is 11.7 Å². The molecule has 10 amide bonds. The number of carbonyl (C=O) groups is 9. The molecule has 2 aliphatic rings. The highest BCUT2D eigenvalue weighted by molar-refractivity contribution is 6.13. The van der Waals surface area contributed by atoms with Crippen molar-refractivity contribution < 1.29 is 62.5 Å². The van der Waals surface area contributed by atoms with E-state index in [1.165, 1.54) is 12.2 Å². The number of benzene rings is 2. The van der Waals surface area contributed by atoms with Crippen molar-refractivity contribution in [1.29, 1.82) is 0 Å². The highest BCUT2D eigenvalue weighted by atomic mass is 16.5. The number of hydrogen-bond acceptors (Lipinski definition) is 14. The number of nitrogens with two attached hydrogens (primary N) is 1. The van der Waals surface area contributed by atoms with Gasteiger partial charge in [-0.15, -0.1) is 0 Å². The van der Waals surface area contributed by atoms with Gasteiger partial charge >= 0.3 is 18.2 Å². The predicted molar refractivity (Wildman–Crippen MR) is 290 cm³/mol. The molecule has 0 aliphatic carbocycles. The maximum absolute atomic E-state index is 13.7. The lowest BCUT2D eigenvalue weighted by atomic mass is 10.0. The van der Waals surface area contributed by atoms with Crippen LogP contribution in [0, 0.1) is 5.92 Å². The number of nitrogens with zero attached hydrogens (tertiary/aromatic N) is 5. The smallest absolute Gasteiger partial charge is 0.407 e. The van der Waals surface area contributed by atoms with E-state index in [9.17, 15) is 48.3 Å². The van der Waals surface area contributed by atoms with Crippen LogP contribution in [-0.2, 0) is 62.7 Å². The van der Waals surface area contributed by atoms with Gasteiger partial charge in [-0.05, 0) is 89.0 Å². The first-order valence-corrected chi connectivity index (χ1v) is 26.5. The Balaban J connectivity index is 0.988. The fourth-order valence-corrected chi connectivity index (χ4v) is 9.14. The molecule has 3 atom stereocenters. The predicted octanol–water partition coefficient (Wildman–Crippen LogP) is 4.42. The Morgan fingerprint density at radius 1 is 0.861 bits per heavy atom. The number of para-hydroxylation sites is 1. The van der Waals surface area contributed by atoms with E-state index < -0.39 is 59.7 Å². The topological polar surface area (TPSA) is 337 Å². The minimum Gasteiger partial charge on any atom is -0.465 e. The molecule has 1 fully saturated rings. The van der Waals surface area contributed by atoms with Gasteiger partial charge in [0.2, 0.25) is 23.6 Å². The van der Waals surface area contributed by atoms with E-state index in [0.717, 1.165) is 15.2 Å². The van der Waals surface area contributed by atoms with Gasteiger partial charge < -0.3 is 61.5 Å². The number of imide groups is 1. The molecule has 0 bridgehead atoms. The molecule has 25 heteroatoms. The molecule has 0 spiro atoms. The summed E-state index contributed by atoms with van der Waals surface area (Å²) in [5.74, 6) is -2.32. The van der Waals surface area contributed by atoms with Crippen molar-refractivity contribution in [2.45, 2.75) is 129 Å². The molecule has 4 aromatic rings. The third kappa shape index (κ3) is 17.2. The largest absolute Gasteiger partial charge is 0.465 e. The third-order valence-electron chi connectivity index (χ3n) is 13.2. The summed E-state index contributed by atoms with van der Waals surface area (Å²) in [4.78, 5) is 125. The number of fused-ring (bicyclic) bond motifs is 3. The van der Waals surface area contributed by atoms with Crippen LogP contribution in [0.25, 0.3) is 21.9 Å². The van der Waals surface area contributed by atoms with Crippen LogP contribution in [0.5, 0.6) is 0 Å². The van der Waals surface area contributed by atoms with Crippen LogP contribution >= 0.6 is 0 Å². The first-order valence-electron chi connectivity index (χ1n) is 26.5. The fraction of sp³-hybridized carbons (Fsp3) is 0.500. The van der Waals surface area contributed by atoms with Gasteiger partial charge in [-0.2, -0.15) is 0 Å². The van der Waals surface area contributed by atoms with Gasteiger partial charge in [-0.25, -0.2) is 24.4 Å². The second kappa shape index (κ2) is 28.4. The maximum atomic E-state index is 13.7. The van der Waals surface area contributed by atoms with Gasteiger partial charge in [0.1, 0.15) is 42.7 Å². The Morgan fingerprint density at radius 2 is 1.59 bits per heavy atom. The normalized spacial score (nSPS) is 15.1. The minimum absolute atomic E-state index is 0.0986. The SMILES string of the molecule is CCOCc1nc2c(NC(=O)[C@@H]3CCCN3C(=O)O)nc3ccccc3c2n1CC(C)(C)OCCNC(=O)OCc1ccc(NC(=O)C(CCCNC(N)=O)NC(=O)C(NC(=O)CCCCCN2C(=O)C=CC2=O)C(C)C)cc1. The number of carboxylic acid groups (broad SMARTS) is 1. The lowest BCUT2D eigenvalue weighted by molar-refractivity contribution is -0.137. The highest BCUT2D eigenvalue weighted by Crippen LogP contribution is 2.33. The highest BCUT2D eigenvalue weighted by Gasteiger charge is 2.36.